The maximum absolute atomic E-state index is 5.18. The van der Waals surface area contributed by atoms with Gasteiger partial charge in [0, 0.05) is 36.5 Å². The van der Waals surface area contributed by atoms with Crippen LogP contribution in [-0.2, 0) is 0 Å². The summed E-state index contributed by atoms with van der Waals surface area (Å²) in [4.78, 5) is 10.1. The summed E-state index contributed by atoms with van der Waals surface area (Å²) in [5, 5.41) is 7.32. The van der Waals surface area contributed by atoms with E-state index in [1.165, 1.54) is 53.2 Å². The summed E-state index contributed by atoms with van der Waals surface area (Å²) in [5.74, 6) is 0. The van der Waals surface area contributed by atoms with Gasteiger partial charge in [-0.1, -0.05) is 121 Å². The van der Waals surface area contributed by atoms with E-state index in [0.29, 0.717) is 0 Å². The van der Waals surface area contributed by atoms with Crippen molar-refractivity contribution in [1.82, 2.24) is 9.97 Å². The first kappa shape index (κ1) is 24.2. The highest BCUT2D eigenvalue weighted by Gasteiger charge is 2.14. The molecule has 3 heteroatoms. The van der Waals surface area contributed by atoms with E-state index < -0.39 is 0 Å². The fourth-order valence-electron chi connectivity index (χ4n) is 6.46. The molecule has 0 radical (unpaired) electrons. The summed E-state index contributed by atoms with van der Waals surface area (Å²) in [6.07, 6.45) is 1.91. The van der Waals surface area contributed by atoms with E-state index in [1.807, 2.05) is 17.5 Å². The molecule has 9 rings (SSSR count). The molecule has 0 N–H and O–H groups in total. The number of nitrogens with zero attached hydrogens (tertiary/aromatic N) is 2. The quantitative estimate of drug-likeness (QED) is 0.199. The number of thiophene rings is 1. The van der Waals surface area contributed by atoms with Crippen LogP contribution in [0.1, 0.15) is 0 Å². The second-order valence-electron chi connectivity index (χ2n) is 11.0. The summed E-state index contributed by atoms with van der Waals surface area (Å²) >= 11 is 1.86. The molecule has 0 amide bonds. The molecule has 0 aliphatic carbocycles. The van der Waals surface area contributed by atoms with Crippen molar-refractivity contribution in [2.24, 2.45) is 0 Å². The lowest BCUT2D eigenvalue weighted by molar-refractivity contribution is 1.31. The summed E-state index contributed by atoms with van der Waals surface area (Å²) in [5.41, 5.74) is 8.68. The van der Waals surface area contributed by atoms with Gasteiger partial charge in [0.1, 0.15) is 0 Å². The highest BCUT2D eigenvalue weighted by atomic mass is 32.1. The predicted octanol–water partition coefficient (Wildman–Crippen LogP) is 11.3. The van der Waals surface area contributed by atoms with Gasteiger partial charge in [-0.15, -0.1) is 11.3 Å². The zero-order valence-electron chi connectivity index (χ0n) is 23.2. The van der Waals surface area contributed by atoms with Crippen LogP contribution in [0.4, 0.5) is 0 Å². The van der Waals surface area contributed by atoms with Crippen molar-refractivity contribution < 1.29 is 0 Å². The normalized spacial score (nSPS) is 11.7. The van der Waals surface area contributed by atoms with Gasteiger partial charge < -0.3 is 0 Å². The molecule has 200 valence electrons. The third kappa shape index (κ3) is 3.86. The Bertz CT molecular complexity index is 2470. The Balaban J connectivity index is 1.14. The van der Waals surface area contributed by atoms with Crippen molar-refractivity contribution >= 4 is 64.1 Å². The molecule has 43 heavy (non-hydrogen) atoms. The molecule has 7 aromatic carbocycles. The van der Waals surface area contributed by atoms with Crippen LogP contribution in [-0.4, -0.2) is 9.97 Å². The first-order chi connectivity index (χ1) is 21.3. The van der Waals surface area contributed by atoms with Crippen LogP contribution >= 0.6 is 11.3 Å². The molecule has 0 spiro atoms. The van der Waals surface area contributed by atoms with Crippen molar-refractivity contribution in [2.75, 3.05) is 0 Å². The van der Waals surface area contributed by atoms with Gasteiger partial charge >= 0.3 is 0 Å². The SMILES string of the molecule is c1ccc(-c2ccc3sc4ccccc4c3c2)c(-c2ccc(-c3cnc4c5ccccc5c5ccccc5c4n3)cc2)c1. The van der Waals surface area contributed by atoms with Crippen LogP contribution in [0, 0.1) is 0 Å². The first-order valence-electron chi connectivity index (χ1n) is 14.5. The number of rotatable bonds is 3. The Hall–Kier alpha value is -5.38. The van der Waals surface area contributed by atoms with Gasteiger partial charge in [-0.3, -0.25) is 4.98 Å². The number of aromatic nitrogens is 2. The molecule has 2 aromatic heterocycles. The molecule has 0 saturated carbocycles. The zero-order chi connectivity index (χ0) is 28.3. The van der Waals surface area contributed by atoms with Crippen molar-refractivity contribution in [3.8, 4) is 33.5 Å². The average Bonchev–Trinajstić information content (AvgIpc) is 3.46. The van der Waals surface area contributed by atoms with Crippen LogP contribution in [0.25, 0.3) is 86.3 Å². The maximum atomic E-state index is 5.18. The van der Waals surface area contributed by atoms with Crippen LogP contribution in [0.5, 0.6) is 0 Å². The molecule has 0 fully saturated rings. The van der Waals surface area contributed by atoms with Crippen LogP contribution < -0.4 is 0 Å². The van der Waals surface area contributed by atoms with E-state index in [1.54, 1.807) is 0 Å². The van der Waals surface area contributed by atoms with Gasteiger partial charge in [-0.25, -0.2) is 4.98 Å². The van der Waals surface area contributed by atoms with Gasteiger partial charge in [0.05, 0.1) is 22.9 Å². The minimum absolute atomic E-state index is 0.877. The molecule has 2 nitrogen and oxygen atoms in total. The zero-order valence-corrected chi connectivity index (χ0v) is 24.0. The predicted molar refractivity (Wildman–Crippen MR) is 184 cm³/mol. The largest absolute Gasteiger partial charge is 0.252 e. The number of hydrogen-bond acceptors (Lipinski definition) is 3. The molecular weight excluding hydrogens is 541 g/mol. The number of fused-ring (bicyclic) bond motifs is 9. The van der Waals surface area contributed by atoms with Crippen molar-refractivity contribution in [3.63, 3.8) is 0 Å². The highest BCUT2D eigenvalue weighted by Crippen LogP contribution is 2.39. The summed E-state index contributed by atoms with van der Waals surface area (Å²) in [7, 11) is 0. The topological polar surface area (TPSA) is 25.8 Å². The van der Waals surface area contributed by atoms with E-state index in [9.17, 15) is 0 Å². The molecule has 0 atom stereocenters. The molecule has 0 unspecified atom stereocenters. The Kier molecular flexibility index (Phi) is 5.40. The lowest BCUT2D eigenvalue weighted by Gasteiger charge is -2.12. The Morgan fingerprint density at radius 3 is 1.67 bits per heavy atom. The first-order valence-corrected chi connectivity index (χ1v) is 15.3. The molecule has 0 aliphatic rings. The highest BCUT2D eigenvalue weighted by molar-refractivity contribution is 7.25. The molecule has 9 aromatic rings. The maximum Gasteiger partial charge on any atom is 0.0979 e. The van der Waals surface area contributed by atoms with Crippen molar-refractivity contribution in [3.05, 3.63) is 146 Å². The Labute approximate surface area is 252 Å². The summed E-state index contributed by atoms with van der Waals surface area (Å²) in [6.45, 7) is 0. The van der Waals surface area contributed by atoms with Crippen LogP contribution in [0.3, 0.4) is 0 Å². The Morgan fingerprint density at radius 2 is 0.930 bits per heavy atom. The van der Waals surface area contributed by atoms with Gasteiger partial charge in [-0.2, -0.15) is 0 Å². The van der Waals surface area contributed by atoms with Gasteiger partial charge in [0.25, 0.3) is 0 Å². The van der Waals surface area contributed by atoms with Crippen molar-refractivity contribution in [2.45, 2.75) is 0 Å². The second-order valence-corrected chi connectivity index (χ2v) is 12.1. The molecule has 0 bridgehead atoms. The third-order valence-corrected chi connectivity index (χ3v) is 9.69. The standard InChI is InChI=1S/C40H24N2S/c1-2-10-29(27-21-22-38-35(23-27)32-13-7-8-16-37(32)43-38)28(9-1)25-17-19-26(20-18-25)36-24-41-39-33-14-5-3-11-30(33)31-12-4-6-15-34(31)40(39)42-36/h1-24H. The monoisotopic (exact) mass is 564 g/mol. The minimum atomic E-state index is 0.877. The lowest BCUT2D eigenvalue weighted by atomic mass is 9.93. The van der Waals surface area contributed by atoms with E-state index in [0.717, 1.165) is 33.1 Å². The molecule has 2 heterocycles. The smallest absolute Gasteiger partial charge is 0.0979 e. The summed E-state index contributed by atoms with van der Waals surface area (Å²) < 4.78 is 2.65. The number of hydrogen-bond donors (Lipinski definition) is 0. The fourth-order valence-corrected chi connectivity index (χ4v) is 7.55. The van der Waals surface area contributed by atoms with Gasteiger partial charge in [-0.05, 0) is 51.2 Å². The molecule has 0 aliphatic heterocycles. The minimum Gasteiger partial charge on any atom is -0.252 e. The van der Waals surface area contributed by atoms with Gasteiger partial charge in [0.2, 0.25) is 0 Å². The Morgan fingerprint density at radius 1 is 0.395 bits per heavy atom. The third-order valence-electron chi connectivity index (χ3n) is 8.53. The average molecular weight is 565 g/mol. The van der Waals surface area contributed by atoms with E-state index in [4.69, 9.17) is 9.97 Å². The van der Waals surface area contributed by atoms with Gasteiger partial charge in [0.15, 0.2) is 0 Å². The van der Waals surface area contributed by atoms with Crippen molar-refractivity contribution in [1.29, 1.82) is 0 Å². The summed E-state index contributed by atoms with van der Waals surface area (Å²) in [6, 6.07) is 49.9. The number of benzene rings is 7. The van der Waals surface area contributed by atoms with E-state index in [2.05, 4.69) is 140 Å². The lowest BCUT2D eigenvalue weighted by Crippen LogP contribution is -1.92. The van der Waals surface area contributed by atoms with E-state index >= 15 is 0 Å². The van der Waals surface area contributed by atoms with Crippen LogP contribution in [0.15, 0.2) is 146 Å². The molecular formula is C40H24N2S. The second kappa shape index (κ2) is 9.59. The fraction of sp³-hybridized carbons (Fsp3) is 0. The van der Waals surface area contributed by atoms with E-state index in [-0.39, 0.29) is 0 Å². The molecule has 0 saturated heterocycles. The van der Waals surface area contributed by atoms with Crippen LogP contribution in [0.2, 0.25) is 0 Å².